The molecular weight excluding hydrogens is 452 g/mol. The first-order valence-electron chi connectivity index (χ1n) is 11.5. The predicted octanol–water partition coefficient (Wildman–Crippen LogP) is 5.93. The molecule has 0 saturated heterocycles. The summed E-state index contributed by atoms with van der Waals surface area (Å²) in [6.45, 7) is 4.27. The van der Waals surface area contributed by atoms with Gasteiger partial charge in [-0.05, 0) is 52.6 Å². The van der Waals surface area contributed by atoms with Crippen LogP contribution in [0.5, 0.6) is 17.2 Å². The van der Waals surface area contributed by atoms with Crippen LogP contribution >= 0.6 is 0 Å². The Bertz CT molecular complexity index is 1400. The van der Waals surface area contributed by atoms with Crippen molar-refractivity contribution in [1.29, 1.82) is 0 Å². The lowest BCUT2D eigenvalue weighted by atomic mass is 10.1. The largest absolute Gasteiger partial charge is 0.496 e. The van der Waals surface area contributed by atoms with Crippen molar-refractivity contribution in [2.24, 2.45) is 5.10 Å². The van der Waals surface area contributed by atoms with Gasteiger partial charge >= 0.3 is 0 Å². The molecule has 6 nitrogen and oxygen atoms in total. The molecule has 4 aromatic rings. The van der Waals surface area contributed by atoms with Crippen LogP contribution in [-0.4, -0.2) is 26.3 Å². The van der Waals surface area contributed by atoms with Crippen molar-refractivity contribution < 1.29 is 19.0 Å². The number of fused-ring (bicyclic) bond motifs is 1. The maximum Gasteiger partial charge on any atom is 0.275 e. The SMILES string of the molecule is C=CCc1cc(/C=N\NC(=O)c2cc3ccccc3cc2OC)cc(OC)c1OCc1ccccc1. The highest BCUT2D eigenvalue weighted by molar-refractivity contribution is 6.02. The average Bonchev–Trinajstić information content (AvgIpc) is 2.92. The molecule has 4 rings (SSSR count). The topological polar surface area (TPSA) is 69.2 Å². The van der Waals surface area contributed by atoms with Gasteiger partial charge in [-0.25, -0.2) is 5.43 Å². The zero-order valence-corrected chi connectivity index (χ0v) is 20.4. The van der Waals surface area contributed by atoms with E-state index in [4.69, 9.17) is 14.2 Å². The van der Waals surface area contributed by atoms with Crippen molar-refractivity contribution >= 4 is 22.9 Å². The van der Waals surface area contributed by atoms with E-state index >= 15 is 0 Å². The minimum Gasteiger partial charge on any atom is -0.496 e. The number of benzene rings is 4. The molecule has 0 aliphatic heterocycles. The van der Waals surface area contributed by atoms with E-state index in [0.717, 1.165) is 27.5 Å². The Hall–Kier alpha value is -4.58. The number of rotatable bonds is 10. The smallest absolute Gasteiger partial charge is 0.275 e. The van der Waals surface area contributed by atoms with Crippen LogP contribution in [0.1, 0.15) is 27.0 Å². The fourth-order valence-corrected chi connectivity index (χ4v) is 3.90. The van der Waals surface area contributed by atoms with Gasteiger partial charge in [0, 0.05) is 5.56 Å². The van der Waals surface area contributed by atoms with Crippen LogP contribution in [0.4, 0.5) is 0 Å². The molecule has 0 saturated carbocycles. The van der Waals surface area contributed by atoms with Crippen LogP contribution in [0.15, 0.2) is 96.6 Å². The molecule has 0 radical (unpaired) electrons. The highest BCUT2D eigenvalue weighted by atomic mass is 16.5. The number of amides is 1. The third-order valence-corrected chi connectivity index (χ3v) is 5.66. The molecular formula is C30H28N2O4. The van der Waals surface area contributed by atoms with E-state index in [1.54, 1.807) is 32.6 Å². The van der Waals surface area contributed by atoms with Crippen molar-refractivity contribution in [1.82, 2.24) is 5.43 Å². The lowest BCUT2D eigenvalue weighted by Crippen LogP contribution is -2.18. The standard InChI is InChI=1S/C30H28N2O4/c1-4-10-25-15-22(16-28(35-3)29(25)36-20-21-11-6-5-7-12-21)19-31-32-30(33)26-17-23-13-8-9-14-24(23)18-27(26)34-2/h4-9,11-19H,1,10,20H2,2-3H3,(H,32,33)/b31-19-. The van der Waals surface area contributed by atoms with E-state index in [0.29, 0.717) is 35.8 Å². The number of nitrogens with one attached hydrogen (secondary N) is 1. The average molecular weight is 481 g/mol. The van der Waals surface area contributed by atoms with Gasteiger partial charge < -0.3 is 14.2 Å². The molecule has 4 aromatic carbocycles. The molecule has 0 fully saturated rings. The number of nitrogens with zero attached hydrogens (tertiary/aromatic N) is 1. The second kappa shape index (κ2) is 11.7. The molecule has 6 heteroatoms. The molecule has 0 unspecified atom stereocenters. The number of carbonyl (C=O) groups excluding carboxylic acids is 1. The van der Waals surface area contributed by atoms with Gasteiger partial charge in [0.2, 0.25) is 0 Å². The maximum absolute atomic E-state index is 12.9. The van der Waals surface area contributed by atoms with E-state index in [1.807, 2.05) is 72.8 Å². The Labute approximate surface area is 210 Å². The molecule has 182 valence electrons. The fourth-order valence-electron chi connectivity index (χ4n) is 3.90. The van der Waals surface area contributed by atoms with Crippen LogP contribution in [0.3, 0.4) is 0 Å². The van der Waals surface area contributed by atoms with Crippen LogP contribution in [-0.2, 0) is 13.0 Å². The molecule has 0 aliphatic carbocycles. The number of hydrogen-bond acceptors (Lipinski definition) is 5. The molecule has 0 aromatic heterocycles. The van der Waals surface area contributed by atoms with Gasteiger partial charge in [0.15, 0.2) is 11.5 Å². The van der Waals surface area contributed by atoms with Crippen molar-refractivity contribution in [3.05, 3.63) is 114 Å². The number of methoxy groups -OCH3 is 2. The number of carbonyl (C=O) groups is 1. The lowest BCUT2D eigenvalue weighted by Gasteiger charge is -2.16. The third kappa shape index (κ3) is 5.73. The second-order valence-corrected chi connectivity index (χ2v) is 8.08. The van der Waals surface area contributed by atoms with Gasteiger partial charge in [-0.1, -0.05) is 60.7 Å². The summed E-state index contributed by atoms with van der Waals surface area (Å²) in [5.74, 6) is 1.35. The van der Waals surface area contributed by atoms with Gasteiger partial charge in [-0.2, -0.15) is 5.10 Å². The van der Waals surface area contributed by atoms with E-state index in [9.17, 15) is 4.79 Å². The molecule has 36 heavy (non-hydrogen) atoms. The summed E-state index contributed by atoms with van der Waals surface area (Å²) in [4.78, 5) is 12.9. The molecule has 0 spiro atoms. The molecule has 0 bridgehead atoms. The van der Waals surface area contributed by atoms with Crippen molar-refractivity contribution in [2.75, 3.05) is 14.2 Å². The summed E-state index contributed by atoms with van der Waals surface area (Å²) in [7, 11) is 3.14. The summed E-state index contributed by atoms with van der Waals surface area (Å²) in [6.07, 6.45) is 3.96. The monoisotopic (exact) mass is 480 g/mol. The zero-order valence-electron chi connectivity index (χ0n) is 20.4. The van der Waals surface area contributed by atoms with Gasteiger partial charge in [-0.3, -0.25) is 4.79 Å². The first kappa shape index (κ1) is 24.5. The first-order chi connectivity index (χ1) is 17.6. The second-order valence-electron chi connectivity index (χ2n) is 8.08. The summed E-state index contributed by atoms with van der Waals surface area (Å²) in [5.41, 5.74) is 5.72. The predicted molar refractivity (Wildman–Crippen MR) is 143 cm³/mol. The van der Waals surface area contributed by atoms with Crippen LogP contribution in [0, 0.1) is 0 Å². The van der Waals surface area contributed by atoms with Gasteiger partial charge in [0.05, 0.1) is 26.0 Å². The normalized spacial score (nSPS) is 10.8. The molecule has 1 amide bonds. The minimum atomic E-state index is -0.366. The van der Waals surface area contributed by atoms with Gasteiger partial charge in [0.1, 0.15) is 12.4 Å². The van der Waals surface area contributed by atoms with Crippen LogP contribution in [0.2, 0.25) is 0 Å². The van der Waals surface area contributed by atoms with Gasteiger partial charge in [0.25, 0.3) is 5.91 Å². The summed E-state index contributed by atoms with van der Waals surface area (Å²) < 4.78 is 17.1. The van der Waals surface area contributed by atoms with Gasteiger partial charge in [-0.15, -0.1) is 6.58 Å². The Morgan fingerprint density at radius 1 is 0.917 bits per heavy atom. The quantitative estimate of drug-likeness (QED) is 0.174. The van der Waals surface area contributed by atoms with E-state index in [2.05, 4.69) is 17.1 Å². The number of allylic oxidation sites excluding steroid dienone is 1. The van der Waals surface area contributed by atoms with E-state index < -0.39 is 0 Å². The molecule has 0 heterocycles. The summed E-state index contributed by atoms with van der Waals surface area (Å²) >= 11 is 0. The number of hydrazone groups is 1. The van der Waals surface area contributed by atoms with Crippen molar-refractivity contribution in [3.8, 4) is 17.2 Å². The maximum atomic E-state index is 12.9. The first-order valence-corrected chi connectivity index (χ1v) is 11.5. The molecule has 1 N–H and O–H groups in total. The van der Waals surface area contributed by atoms with Crippen molar-refractivity contribution in [2.45, 2.75) is 13.0 Å². The zero-order chi connectivity index (χ0) is 25.3. The van der Waals surface area contributed by atoms with E-state index in [1.165, 1.54) is 0 Å². The van der Waals surface area contributed by atoms with E-state index in [-0.39, 0.29) is 5.91 Å². The van der Waals surface area contributed by atoms with Crippen molar-refractivity contribution in [3.63, 3.8) is 0 Å². The lowest BCUT2D eigenvalue weighted by molar-refractivity contribution is 0.0952. The van der Waals surface area contributed by atoms with Crippen LogP contribution in [0.25, 0.3) is 10.8 Å². The fraction of sp³-hybridized carbons (Fsp3) is 0.133. The Kier molecular flexibility index (Phi) is 7.98. The highest BCUT2D eigenvalue weighted by Gasteiger charge is 2.15. The summed E-state index contributed by atoms with van der Waals surface area (Å²) in [6, 6.07) is 25.1. The van der Waals surface area contributed by atoms with Crippen LogP contribution < -0.4 is 19.6 Å². The Morgan fingerprint density at radius 2 is 1.61 bits per heavy atom. The highest BCUT2D eigenvalue weighted by Crippen LogP contribution is 2.34. The number of ether oxygens (including phenoxy) is 3. The number of hydrogen-bond donors (Lipinski definition) is 1. The third-order valence-electron chi connectivity index (χ3n) is 5.66. The Morgan fingerprint density at radius 3 is 2.31 bits per heavy atom. The molecule has 0 atom stereocenters. The summed E-state index contributed by atoms with van der Waals surface area (Å²) in [5, 5.41) is 6.10. The Balaban J connectivity index is 1.54. The minimum absolute atomic E-state index is 0.366. The molecule has 0 aliphatic rings.